The summed E-state index contributed by atoms with van der Waals surface area (Å²) in [6.45, 7) is 3.35. The van der Waals surface area contributed by atoms with Gasteiger partial charge < -0.3 is 10.0 Å². The van der Waals surface area contributed by atoms with E-state index in [1.54, 1.807) is 5.57 Å². The first-order valence-electron chi connectivity index (χ1n) is 10.3. The van der Waals surface area contributed by atoms with E-state index in [4.69, 9.17) is 0 Å². The lowest BCUT2D eigenvalue weighted by Gasteiger charge is -2.18. The molecule has 1 N–H and O–H groups in total. The summed E-state index contributed by atoms with van der Waals surface area (Å²) in [6.07, 6.45) is 14.2. The summed E-state index contributed by atoms with van der Waals surface area (Å²) in [5.41, 5.74) is 4.22. The molecule has 2 heteroatoms. The van der Waals surface area contributed by atoms with E-state index in [1.165, 1.54) is 49.8 Å². The predicted octanol–water partition coefficient (Wildman–Crippen LogP) is 5.07. The van der Waals surface area contributed by atoms with Crippen LogP contribution in [-0.2, 0) is 0 Å². The topological polar surface area (TPSA) is 23.5 Å². The Balaban J connectivity index is 1.52. The van der Waals surface area contributed by atoms with Crippen LogP contribution >= 0.6 is 0 Å². The number of nitrogens with zero attached hydrogens (tertiary/aromatic N) is 1. The van der Waals surface area contributed by atoms with Crippen molar-refractivity contribution in [2.45, 2.75) is 51.6 Å². The third kappa shape index (κ3) is 4.86. The van der Waals surface area contributed by atoms with Crippen molar-refractivity contribution in [2.24, 2.45) is 17.8 Å². The third-order valence-corrected chi connectivity index (χ3v) is 6.24. The molecular weight excluding hydrogens is 318 g/mol. The first-order valence-corrected chi connectivity index (χ1v) is 10.3. The third-order valence-electron chi connectivity index (χ3n) is 6.24. The van der Waals surface area contributed by atoms with E-state index in [1.807, 2.05) is 0 Å². The first-order chi connectivity index (χ1) is 12.5. The van der Waals surface area contributed by atoms with E-state index < -0.39 is 0 Å². The maximum Gasteiger partial charge on any atom is 0.0611 e. The van der Waals surface area contributed by atoms with E-state index >= 15 is 0 Å². The molecule has 0 radical (unpaired) electrons. The van der Waals surface area contributed by atoms with E-state index in [9.17, 15) is 5.11 Å². The number of unbranched alkanes of at least 4 members (excludes halogenated alkanes) is 2. The molecule has 2 nitrogen and oxygen atoms in total. The summed E-state index contributed by atoms with van der Waals surface area (Å²) < 4.78 is 0. The molecule has 0 heterocycles. The minimum Gasteiger partial charge on any atom is -0.392 e. The van der Waals surface area contributed by atoms with Crippen LogP contribution in [0.2, 0.25) is 0 Å². The molecule has 4 atom stereocenters. The second-order valence-corrected chi connectivity index (χ2v) is 8.57. The lowest BCUT2D eigenvalue weighted by molar-refractivity contribution is 0.141. The highest BCUT2D eigenvalue weighted by Crippen LogP contribution is 2.48. The zero-order valence-corrected chi connectivity index (χ0v) is 16.7. The van der Waals surface area contributed by atoms with Gasteiger partial charge in [0.15, 0.2) is 0 Å². The number of fused-ring (bicyclic) bond motifs is 1. The molecule has 1 aromatic carbocycles. The molecule has 0 bridgehead atoms. The monoisotopic (exact) mass is 353 g/mol. The second kappa shape index (κ2) is 9.01. The average molecular weight is 354 g/mol. The Morgan fingerprint density at radius 1 is 1.15 bits per heavy atom. The van der Waals surface area contributed by atoms with Crippen LogP contribution in [0.4, 0.5) is 0 Å². The maximum atomic E-state index is 10.5. The number of aliphatic hydroxyl groups excluding tert-OH is 1. The van der Waals surface area contributed by atoms with Crippen LogP contribution in [0.3, 0.4) is 0 Å². The van der Waals surface area contributed by atoms with E-state index in [2.05, 4.69) is 68.4 Å². The largest absolute Gasteiger partial charge is 0.392 e. The van der Waals surface area contributed by atoms with Crippen molar-refractivity contribution >= 4 is 6.08 Å². The van der Waals surface area contributed by atoms with Crippen LogP contribution in [0.25, 0.3) is 6.08 Å². The summed E-state index contributed by atoms with van der Waals surface area (Å²) in [7, 11) is 4.30. The molecule has 142 valence electrons. The number of rotatable bonds is 8. The Kier molecular flexibility index (Phi) is 6.72. The number of hydrogen-bond donors (Lipinski definition) is 1. The highest BCUT2D eigenvalue weighted by Gasteiger charge is 2.43. The van der Waals surface area contributed by atoms with Gasteiger partial charge in [0.25, 0.3) is 0 Å². The van der Waals surface area contributed by atoms with Crippen molar-refractivity contribution < 1.29 is 5.11 Å². The van der Waals surface area contributed by atoms with Crippen molar-refractivity contribution in [3.8, 4) is 0 Å². The van der Waals surface area contributed by atoms with E-state index in [0.717, 1.165) is 6.42 Å². The fourth-order valence-electron chi connectivity index (χ4n) is 4.74. The zero-order chi connectivity index (χ0) is 18.5. The molecule has 2 aliphatic carbocycles. The number of aryl methyl sites for hydroxylation is 1. The molecule has 0 unspecified atom stereocenters. The van der Waals surface area contributed by atoms with Crippen LogP contribution in [0, 0.1) is 24.7 Å². The first kappa shape index (κ1) is 19.4. The molecular formula is C24H35NO. The lowest BCUT2D eigenvalue weighted by Crippen LogP contribution is -2.17. The Hall–Kier alpha value is -1.38. The second-order valence-electron chi connectivity index (χ2n) is 8.57. The standard InChI is InChI=1S/C24H35NO/c1-18-9-6-7-11-20(18)12-13-22-23-16-19(15-21(23)17-24(22)26)10-5-4-8-14-25(2)3/h6-7,9,11-13,15,21-24,26H,4-5,8,10,14,16-17H2,1-3H3/t21-,22+,23-,24+/m0/s1. The molecule has 2 aliphatic rings. The molecule has 1 fully saturated rings. The fraction of sp³-hybridized carbons (Fsp3) is 0.583. The molecule has 26 heavy (non-hydrogen) atoms. The van der Waals surface area contributed by atoms with Crippen molar-refractivity contribution in [1.29, 1.82) is 0 Å². The number of allylic oxidation sites excluding steroid dienone is 2. The van der Waals surface area contributed by atoms with E-state index in [-0.39, 0.29) is 6.10 Å². The molecule has 3 rings (SSSR count). The van der Waals surface area contributed by atoms with Gasteiger partial charge in [-0.05, 0) is 82.6 Å². The maximum absolute atomic E-state index is 10.5. The molecule has 0 spiro atoms. The summed E-state index contributed by atoms with van der Waals surface area (Å²) >= 11 is 0. The van der Waals surface area contributed by atoms with Gasteiger partial charge in [0.05, 0.1) is 6.10 Å². The lowest BCUT2D eigenvalue weighted by atomic mass is 9.88. The summed E-state index contributed by atoms with van der Waals surface area (Å²) in [5.74, 6) is 1.51. The van der Waals surface area contributed by atoms with Crippen LogP contribution in [0.1, 0.15) is 49.7 Å². The van der Waals surface area contributed by atoms with Gasteiger partial charge in [-0.3, -0.25) is 0 Å². The molecule has 1 aromatic rings. The predicted molar refractivity (Wildman–Crippen MR) is 111 cm³/mol. The van der Waals surface area contributed by atoms with Crippen molar-refractivity contribution in [2.75, 3.05) is 20.6 Å². The average Bonchev–Trinajstić information content (AvgIpc) is 3.10. The normalized spacial score (nSPS) is 28.1. The van der Waals surface area contributed by atoms with Gasteiger partial charge in [-0.1, -0.05) is 54.5 Å². The van der Waals surface area contributed by atoms with Gasteiger partial charge in [-0.15, -0.1) is 0 Å². The minimum atomic E-state index is -0.178. The summed E-state index contributed by atoms with van der Waals surface area (Å²) in [4.78, 5) is 2.27. The Morgan fingerprint density at radius 2 is 1.96 bits per heavy atom. The van der Waals surface area contributed by atoms with Crippen LogP contribution < -0.4 is 0 Å². The SMILES string of the molecule is Cc1ccccc1C=C[C@@H]1[C@H]2CC(CCCCCN(C)C)=C[C@H]2C[C@H]1O. The van der Waals surface area contributed by atoms with Gasteiger partial charge in [-0.2, -0.15) is 0 Å². The van der Waals surface area contributed by atoms with Gasteiger partial charge >= 0.3 is 0 Å². The van der Waals surface area contributed by atoms with Crippen molar-refractivity contribution in [3.05, 3.63) is 53.1 Å². The van der Waals surface area contributed by atoms with Crippen LogP contribution in [-0.4, -0.2) is 36.8 Å². The van der Waals surface area contributed by atoms with Crippen LogP contribution in [0.5, 0.6) is 0 Å². The Morgan fingerprint density at radius 3 is 2.73 bits per heavy atom. The quantitative estimate of drug-likeness (QED) is 0.521. The molecule has 1 saturated carbocycles. The van der Waals surface area contributed by atoms with Crippen molar-refractivity contribution in [3.63, 3.8) is 0 Å². The minimum absolute atomic E-state index is 0.178. The van der Waals surface area contributed by atoms with Crippen molar-refractivity contribution in [1.82, 2.24) is 4.90 Å². The number of benzene rings is 1. The fourth-order valence-corrected chi connectivity index (χ4v) is 4.74. The Labute approximate surface area is 159 Å². The van der Waals surface area contributed by atoms with Gasteiger partial charge in [0.1, 0.15) is 0 Å². The Bertz CT molecular complexity index is 645. The van der Waals surface area contributed by atoms with E-state index in [0.29, 0.717) is 17.8 Å². The highest BCUT2D eigenvalue weighted by molar-refractivity contribution is 5.53. The highest BCUT2D eigenvalue weighted by atomic mass is 16.3. The zero-order valence-electron chi connectivity index (χ0n) is 16.7. The van der Waals surface area contributed by atoms with Gasteiger partial charge in [-0.25, -0.2) is 0 Å². The van der Waals surface area contributed by atoms with Crippen LogP contribution in [0.15, 0.2) is 42.0 Å². The number of hydrogen-bond acceptors (Lipinski definition) is 2. The molecule has 0 amide bonds. The molecule has 0 aromatic heterocycles. The summed E-state index contributed by atoms with van der Waals surface area (Å²) in [6, 6.07) is 8.49. The molecule has 0 aliphatic heterocycles. The van der Waals surface area contributed by atoms with Gasteiger partial charge in [0, 0.05) is 5.92 Å². The number of aliphatic hydroxyl groups is 1. The van der Waals surface area contributed by atoms with Gasteiger partial charge in [0.2, 0.25) is 0 Å². The smallest absolute Gasteiger partial charge is 0.0611 e. The summed E-state index contributed by atoms with van der Waals surface area (Å²) in [5, 5.41) is 10.5. The molecule has 0 saturated heterocycles.